The van der Waals surface area contributed by atoms with Crippen LogP contribution >= 0.6 is 0 Å². The van der Waals surface area contributed by atoms with E-state index in [0.717, 1.165) is 5.57 Å². The summed E-state index contributed by atoms with van der Waals surface area (Å²) in [7, 11) is 0. The minimum Gasteiger partial charge on any atom is -0.385 e. The van der Waals surface area contributed by atoms with Gasteiger partial charge in [-0.3, -0.25) is 4.79 Å². The first-order valence-electron chi connectivity index (χ1n) is 10.1. The highest BCUT2D eigenvalue weighted by atomic mass is 16.5. The van der Waals surface area contributed by atoms with Crippen molar-refractivity contribution >= 4 is 11.5 Å². The molecule has 7 nitrogen and oxygen atoms in total. The highest BCUT2D eigenvalue weighted by molar-refractivity contribution is 5.94. The van der Waals surface area contributed by atoms with Gasteiger partial charge < -0.3 is 19.5 Å². The summed E-state index contributed by atoms with van der Waals surface area (Å²) in [6, 6.07) is 1.80. The summed E-state index contributed by atoms with van der Waals surface area (Å²) in [5, 5.41) is 22.0. The average molecular weight is 414 g/mol. The SMILES string of the molecule is Cc1oncc1C(=O)NCc1cc(C2=CC(C(C)(C)C)C(O)(C(C)(C)C)C=C2)no1. The number of nitrogens with zero attached hydrogens (tertiary/aromatic N) is 2. The van der Waals surface area contributed by atoms with Crippen LogP contribution in [0.2, 0.25) is 0 Å². The number of aryl methyl sites for hydroxylation is 1. The second kappa shape index (κ2) is 7.54. The number of rotatable bonds is 4. The first kappa shape index (κ1) is 22.0. The molecule has 30 heavy (non-hydrogen) atoms. The Balaban J connectivity index is 1.79. The summed E-state index contributed by atoms with van der Waals surface area (Å²) in [6.45, 7) is 14.4. The van der Waals surface area contributed by atoms with Crippen LogP contribution < -0.4 is 5.32 Å². The third kappa shape index (κ3) is 4.12. The molecule has 2 N–H and O–H groups in total. The van der Waals surface area contributed by atoms with Gasteiger partial charge in [-0.05, 0) is 23.3 Å². The number of carbonyl (C=O) groups excluding carboxylic acids is 1. The van der Waals surface area contributed by atoms with E-state index in [1.54, 1.807) is 13.0 Å². The molecule has 1 aliphatic carbocycles. The van der Waals surface area contributed by atoms with Crippen molar-refractivity contribution in [1.82, 2.24) is 15.6 Å². The minimum atomic E-state index is -0.980. The topological polar surface area (TPSA) is 101 Å². The molecule has 1 aliphatic rings. The molecule has 0 bridgehead atoms. The van der Waals surface area contributed by atoms with Crippen molar-refractivity contribution < 1.29 is 18.9 Å². The lowest BCUT2D eigenvalue weighted by Gasteiger charge is -2.49. The first-order chi connectivity index (χ1) is 13.8. The fourth-order valence-electron chi connectivity index (χ4n) is 3.79. The lowest BCUT2D eigenvalue weighted by Crippen LogP contribution is -2.52. The smallest absolute Gasteiger partial charge is 0.256 e. The molecule has 0 saturated carbocycles. The number of carbonyl (C=O) groups is 1. The van der Waals surface area contributed by atoms with E-state index in [1.807, 2.05) is 32.9 Å². The maximum atomic E-state index is 12.2. The molecule has 2 heterocycles. The highest BCUT2D eigenvalue weighted by Gasteiger charge is 2.49. The maximum absolute atomic E-state index is 12.2. The lowest BCUT2D eigenvalue weighted by molar-refractivity contribution is -0.0796. The molecule has 1 amide bonds. The Morgan fingerprint density at radius 1 is 1.23 bits per heavy atom. The van der Waals surface area contributed by atoms with E-state index in [0.29, 0.717) is 22.8 Å². The molecule has 0 radical (unpaired) electrons. The van der Waals surface area contributed by atoms with Crippen LogP contribution in [0.4, 0.5) is 0 Å². The van der Waals surface area contributed by atoms with Crippen molar-refractivity contribution in [2.75, 3.05) is 0 Å². The Labute approximate surface area is 177 Å². The molecule has 0 fully saturated rings. The molecule has 2 unspecified atom stereocenters. The number of allylic oxidation sites excluding steroid dienone is 2. The number of hydrogen-bond donors (Lipinski definition) is 2. The van der Waals surface area contributed by atoms with Gasteiger partial charge in [0.25, 0.3) is 5.91 Å². The fourth-order valence-corrected chi connectivity index (χ4v) is 3.79. The summed E-state index contributed by atoms with van der Waals surface area (Å²) < 4.78 is 10.3. The predicted octanol–water partition coefficient (Wildman–Crippen LogP) is 4.29. The van der Waals surface area contributed by atoms with Crippen LogP contribution in [-0.2, 0) is 6.54 Å². The van der Waals surface area contributed by atoms with Crippen LogP contribution in [-0.4, -0.2) is 26.9 Å². The fraction of sp³-hybridized carbons (Fsp3) is 0.522. The van der Waals surface area contributed by atoms with E-state index in [4.69, 9.17) is 9.05 Å². The third-order valence-electron chi connectivity index (χ3n) is 5.75. The van der Waals surface area contributed by atoms with Gasteiger partial charge in [0.15, 0.2) is 5.76 Å². The number of amides is 1. The Bertz CT molecular complexity index is 985. The van der Waals surface area contributed by atoms with E-state index in [1.165, 1.54) is 6.20 Å². The molecule has 0 saturated heterocycles. The first-order valence-corrected chi connectivity index (χ1v) is 10.1. The van der Waals surface area contributed by atoms with Crippen LogP contribution in [0.1, 0.15) is 69.1 Å². The maximum Gasteiger partial charge on any atom is 0.256 e. The second-order valence-corrected chi connectivity index (χ2v) is 10.0. The van der Waals surface area contributed by atoms with Crippen LogP contribution in [0.5, 0.6) is 0 Å². The van der Waals surface area contributed by atoms with Gasteiger partial charge >= 0.3 is 0 Å². The number of aliphatic hydroxyl groups is 1. The van der Waals surface area contributed by atoms with Gasteiger partial charge in [0.05, 0.1) is 18.3 Å². The van der Waals surface area contributed by atoms with Gasteiger partial charge in [-0.15, -0.1) is 0 Å². The van der Waals surface area contributed by atoms with Gasteiger partial charge in [-0.25, -0.2) is 0 Å². The molecule has 0 spiro atoms. The lowest BCUT2D eigenvalue weighted by atomic mass is 9.59. The zero-order chi connectivity index (χ0) is 22.3. The van der Waals surface area contributed by atoms with Gasteiger partial charge in [-0.1, -0.05) is 70.1 Å². The van der Waals surface area contributed by atoms with Crippen molar-refractivity contribution in [2.24, 2.45) is 16.7 Å². The monoisotopic (exact) mass is 413 g/mol. The Morgan fingerprint density at radius 3 is 2.50 bits per heavy atom. The number of aromatic nitrogens is 2. The van der Waals surface area contributed by atoms with Crippen molar-refractivity contribution in [3.05, 3.63) is 53.3 Å². The van der Waals surface area contributed by atoms with Crippen LogP contribution in [0, 0.1) is 23.7 Å². The molecule has 7 heteroatoms. The Morgan fingerprint density at radius 2 is 1.93 bits per heavy atom. The molecule has 0 aromatic carbocycles. The number of nitrogens with one attached hydrogen (secondary N) is 1. The van der Waals surface area contributed by atoms with E-state index < -0.39 is 5.60 Å². The van der Waals surface area contributed by atoms with Crippen LogP contribution in [0.3, 0.4) is 0 Å². The predicted molar refractivity (Wildman–Crippen MR) is 113 cm³/mol. The molecule has 0 aliphatic heterocycles. The van der Waals surface area contributed by atoms with Gasteiger partial charge in [-0.2, -0.15) is 0 Å². The van der Waals surface area contributed by atoms with Crippen LogP contribution in [0.15, 0.2) is 39.5 Å². The normalized spacial score (nSPS) is 22.1. The molecular formula is C23H31N3O4. The summed E-state index contributed by atoms with van der Waals surface area (Å²) in [5.41, 5.74) is 0.480. The van der Waals surface area contributed by atoms with E-state index in [2.05, 4.69) is 42.5 Å². The van der Waals surface area contributed by atoms with Crippen molar-refractivity contribution in [1.29, 1.82) is 0 Å². The summed E-state index contributed by atoms with van der Waals surface area (Å²) in [4.78, 5) is 12.2. The third-order valence-corrected chi connectivity index (χ3v) is 5.75. The van der Waals surface area contributed by atoms with E-state index in [-0.39, 0.29) is 29.2 Å². The molecule has 162 valence electrons. The number of hydrogen-bond acceptors (Lipinski definition) is 6. The summed E-state index contributed by atoms with van der Waals surface area (Å²) in [5.74, 6) is 0.599. The Hall–Kier alpha value is -2.67. The Kier molecular flexibility index (Phi) is 5.54. The molecule has 2 aromatic rings. The molecular weight excluding hydrogens is 382 g/mol. The minimum absolute atomic E-state index is 0.110. The van der Waals surface area contributed by atoms with E-state index >= 15 is 0 Å². The summed E-state index contributed by atoms with van der Waals surface area (Å²) >= 11 is 0. The molecule has 3 rings (SSSR count). The van der Waals surface area contributed by atoms with Crippen molar-refractivity contribution in [3.63, 3.8) is 0 Å². The van der Waals surface area contributed by atoms with Crippen molar-refractivity contribution in [2.45, 2.75) is 60.6 Å². The van der Waals surface area contributed by atoms with Gasteiger partial charge in [0, 0.05) is 12.0 Å². The van der Waals surface area contributed by atoms with Gasteiger partial charge in [0.1, 0.15) is 17.0 Å². The second-order valence-electron chi connectivity index (χ2n) is 10.0. The molecule has 2 aromatic heterocycles. The zero-order valence-electron chi connectivity index (χ0n) is 18.7. The quantitative estimate of drug-likeness (QED) is 0.775. The largest absolute Gasteiger partial charge is 0.385 e. The van der Waals surface area contributed by atoms with E-state index in [9.17, 15) is 9.90 Å². The highest BCUT2D eigenvalue weighted by Crippen LogP contribution is 2.49. The standard InChI is InChI=1S/C23H31N3O4/c1-14-17(13-25-29-14)20(27)24-12-16-11-18(26-30-16)15-8-9-23(28,22(5,6)7)19(10-15)21(2,3)4/h8-11,13,19,28H,12H2,1-7H3,(H,24,27). The summed E-state index contributed by atoms with van der Waals surface area (Å²) in [6.07, 6.45) is 7.24. The zero-order valence-corrected chi connectivity index (χ0v) is 18.7. The van der Waals surface area contributed by atoms with Crippen molar-refractivity contribution in [3.8, 4) is 0 Å². The van der Waals surface area contributed by atoms with Gasteiger partial charge in [0.2, 0.25) is 0 Å². The van der Waals surface area contributed by atoms with Crippen LogP contribution in [0.25, 0.3) is 5.57 Å². The molecule has 2 atom stereocenters. The average Bonchev–Trinajstić information content (AvgIpc) is 3.27.